The van der Waals surface area contributed by atoms with Crippen molar-refractivity contribution in [2.24, 2.45) is 0 Å². The van der Waals surface area contributed by atoms with Gasteiger partial charge in [-0.1, -0.05) is 30.3 Å². The topological polar surface area (TPSA) is 60.2 Å². The first-order valence-electron chi connectivity index (χ1n) is 5.44. The highest BCUT2D eigenvalue weighted by Crippen LogP contribution is 2.29. The minimum absolute atomic E-state index is 0.0400. The number of rotatable bonds is 3. The lowest BCUT2D eigenvalue weighted by molar-refractivity contribution is -0.384. The van der Waals surface area contributed by atoms with Gasteiger partial charge in [-0.25, -0.2) is 0 Å². The van der Waals surface area contributed by atoms with Gasteiger partial charge in [0.15, 0.2) is 5.78 Å². The average Bonchev–Trinajstić information content (AvgIpc) is 2.39. The molecule has 0 heterocycles. The zero-order chi connectivity index (χ0) is 13.1. The summed E-state index contributed by atoms with van der Waals surface area (Å²) >= 11 is 0. The summed E-state index contributed by atoms with van der Waals surface area (Å²) < 4.78 is 0. The van der Waals surface area contributed by atoms with Crippen molar-refractivity contribution in [2.75, 3.05) is 0 Å². The number of Topliss-reactive ketones (excluding diaryl/α,β-unsaturated/α-hetero) is 1. The van der Waals surface area contributed by atoms with Crippen LogP contribution < -0.4 is 0 Å². The highest BCUT2D eigenvalue weighted by atomic mass is 16.6. The maximum atomic E-state index is 11.3. The fourth-order valence-electron chi connectivity index (χ4n) is 1.78. The lowest BCUT2D eigenvalue weighted by Gasteiger charge is -2.04. The van der Waals surface area contributed by atoms with Crippen molar-refractivity contribution in [3.8, 4) is 11.1 Å². The van der Waals surface area contributed by atoms with Crippen molar-refractivity contribution >= 4 is 11.5 Å². The number of benzene rings is 2. The molecule has 0 saturated carbocycles. The number of ketones is 1. The fourth-order valence-corrected chi connectivity index (χ4v) is 1.78. The second-order valence-corrected chi connectivity index (χ2v) is 3.91. The van der Waals surface area contributed by atoms with Crippen LogP contribution in [0.2, 0.25) is 0 Å². The van der Waals surface area contributed by atoms with Gasteiger partial charge in [-0.15, -0.1) is 0 Å². The maximum absolute atomic E-state index is 11.3. The monoisotopic (exact) mass is 241 g/mol. The van der Waals surface area contributed by atoms with Crippen molar-refractivity contribution in [3.63, 3.8) is 0 Å². The molecule has 2 aromatic rings. The number of nitrogens with zero attached hydrogens (tertiary/aromatic N) is 1. The van der Waals surface area contributed by atoms with Crippen molar-refractivity contribution < 1.29 is 9.72 Å². The summed E-state index contributed by atoms with van der Waals surface area (Å²) in [5, 5.41) is 11.0. The van der Waals surface area contributed by atoms with Gasteiger partial charge < -0.3 is 0 Å². The molecule has 0 atom stereocenters. The summed E-state index contributed by atoms with van der Waals surface area (Å²) in [6, 6.07) is 13.3. The van der Waals surface area contributed by atoms with E-state index in [-0.39, 0.29) is 11.5 Å². The molecule has 4 nitrogen and oxygen atoms in total. The minimum Gasteiger partial charge on any atom is -0.295 e. The van der Waals surface area contributed by atoms with Crippen molar-refractivity contribution in [2.45, 2.75) is 6.92 Å². The Hall–Kier alpha value is -2.49. The van der Waals surface area contributed by atoms with Gasteiger partial charge in [-0.05, 0) is 24.6 Å². The van der Waals surface area contributed by atoms with Crippen LogP contribution in [0, 0.1) is 10.1 Å². The number of hydrogen-bond acceptors (Lipinski definition) is 3. The van der Waals surface area contributed by atoms with Crippen LogP contribution >= 0.6 is 0 Å². The molecule has 0 aliphatic rings. The first-order chi connectivity index (χ1) is 8.59. The van der Waals surface area contributed by atoms with Crippen LogP contribution in [-0.2, 0) is 0 Å². The Morgan fingerprint density at radius 2 is 1.83 bits per heavy atom. The molecule has 0 radical (unpaired) electrons. The third-order valence-electron chi connectivity index (χ3n) is 2.68. The van der Waals surface area contributed by atoms with E-state index in [1.807, 2.05) is 0 Å². The lowest BCUT2D eigenvalue weighted by atomic mass is 10.0. The summed E-state index contributed by atoms with van der Waals surface area (Å²) in [6.07, 6.45) is 0. The molecule has 0 aromatic heterocycles. The summed E-state index contributed by atoms with van der Waals surface area (Å²) in [6.45, 7) is 1.47. The summed E-state index contributed by atoms with van der Waals surface area (Å²) in [7, 11) is 0. The van der Waals surface area contributed by atoms with Crippen LogP contribution in [0.5, 0.6) is 0 Å². The van der Waals surface area contributed by atoms with Gasteiger partial charge in [0, 0.05) is 11.6 Å². The third-order valence-corrected chi connectivity index (χ3v) is 2.68. The molecule has 4 heteroatoms. The number of hydrogen-bond donors (Lipinski definition) is 0. The molecule has 0 amide bonds. The average molecular weight is 241 g/mol. The molecule has 2 rings (SSSR count). The maximum Gasteiger partial charge on any atom is 0.277 e. The molecule has 0 fully saturated rings. The zero-order valence-electron chi connectivity index (χ0n) is 9.79. The molecule has 0 unspecified atom stereocenters. The van der Waals surface area contributed by atoms with Gasteiger partial charge in [0.05, 0.1) is 10.5 Å². The molecule has 0 aliphatic heterocycles. The Morgan fingerprint density at radius 1 is 1.11 bits per heavy atom. The normalized spacial score (nSPS) is 10.1. The van der Waals surface area contributed by atoms with E-state index in [1.165, 1.54) is 13.0 Å². The molecule has 0 spiro atoms. The second-order valence-electron chi connectivity index (χ2n) is 3.91. The van der Waals surface area contributed by atoms with E-state index < -0.39 is 4.92 Å². The predicted molar refractivity (Wildman–Crippen MR) is 68.5 cm³/mol. The molecule has 90 valence electrons. The van der Waals surface area contributed by atoms with Gasteiger partial charge in [0.25, 0.3) is 5.69 Å². The van der Waals surface area contributed by atoms with Gasteiger partial charge >= 0.3 is 0 Å². The highest BCUT2D eigenvalue weighted by Gasteiger charge is 2.14. The van der Waals surface area contributed by atoms with E-state index in [0.717, 1.165) is 0 Å². The van der Waals surface area contributed by atoms with Crippen LogP contribution in [0.4, 0.5) is 5.69 Å². The minimum atomic E-state index is -0.421. The van der Waals surface area contributed by atoms with Crippen LogP contribution in [0.25, 0.3) is 11.1 Å². The largest absolute Gasteiger partial charge is 0.295 e. The van der Waals surface area contributed by atoms with Crippen LogP contribution in [-0.4, -0.2) is 10.7 Å². The van der Waals surface area contributed by atoms with Crippen molar-refractivity contribution in [1.82, 2.24) is 0 Å². The van der Waals surface area contributed by atoms with Gasteiger partial charge in [0.1, 0.15) is 0 Å². The first kappa shape index (κ1) is 12.0. The van der Waals surface area contributed by atoms with Gasteiger partial charge in [-0.3, -0.25) is 14.9 Å². The molecule has 0 N–H and O–H groups in total. The summed E-state index contributed by atoms with van der Waals surface area (Å²) in [4.78, 5) is 21.8. The number of carbonyl (C=O) groups excluding carboxylic acids is 1. The van der Waals surface area contributed by atoms with E-state index in [9.17, 15) is 14.9 Å². The molecule has 0 aliphatic carbocycles. The number of carbonyl (C=O) groups is 1. The summed E-state index contributed by atoms with van der Waals surface area (Å²) in [5.41, 5.74) is 1.78. The zero-order valence-corrected chi connectivity index (χ0v) is 9.79. The van der Waals surface area contributed by atoms with E-state index in [0.29, 0.717) is 16.7 Å². The van der Waals surface area contributed by atoms with Crippen molar-refractivity contribution in [3.05, 3.63) is 64.2 Å². The Bertz CT molecular complexity index is 620. The smallest absolute Gasteiger partial charge is 0.277 e. The number of nitro groups is 1. The SMILES string of the molecule is CC(=O)c1cccc(-c2ccccc2[N+](=O)[O-])c1. The van der Waals surface area contributed by atoms with Crippen molar-refractivity contribution in [1.29, 1.82) is 0 Å². The molecular weight excluding hydrogens is 230 g/mol. The summed E-state index contributed by atoms with van der Waals surface area (Å²) in [5.74, 6) is -0.0598. The van der Waals surface area contributed by atoms with Gasteiger partial charge in [0.2, 0.25) is 0 Å². The third kappa shape index (κ3) is 2.27. The molecule has 0 saturated heterocycles. The van der Waals surface area contributed by atoms with Crippen LogP contribution in [0.3, 0.4) is 0 Å². The Kier molecular flexibility index (Phi) is 3.19. The highest BCUT2D eigenvalue weighted by molar-refractivity contribution is 5.95. The predicted octanol–water partition coefficient (Wildman–Crippen LogP) is 3.46. The Balaban J connectivity index is 2.58. The quantitative estimate of drug-likeness (QED) is 0.469. The van der Waals surface area contributed by atoms with E-state index >= 15 is 0 Å². The fraction of sp³-hybridized carbons (Fsp3) is 0.0714. The Morgan fingerprint density at radius 3 is 2.50 bits per heavy atom. The first-order valence-corrected chi connectivity index (χ1v) is 5.44. The van der Waals surface area contributed by atoms with Crippen LogP contribution in [0.15, 0.2) is 48.5 Å². The van der Waals surface area contributed by atoms with E-state index in [1.54, 1.807) is 42.5 Å². The van der Waals surface area contributed by atoms with Gasteiger partial charge in [-0.2, -0.15) is 0 Å². The second kappa shape index (κ2) is 4.79. The number of para-hydroxylation sites is 1. The molecule has 18 heavy (non-hydrogen) atoms. The lowest BCUT2D eigenvalue weighted by Crippen LogP contribution is -1.94. The standard InChI is InChI=1S/C14H11NO3/c1-10(16)11-5-4-6-12(9-11)13-7-2-3-8-14(13)15(17)18/h2-9H,1H3. The Labute approximate surface area is 104 Å². The molecular formula is C14H11NO3. The number of nitro benzene ring substituents is 1. The van der Waals surface area contributed by atoms with E-state index in [4.69, 9.17) is 0 Å². The van der Waals surface area contributed by atoms with E-state index in [2.05, 4.69) is 0 Å². The molecule has 0 bridgehead atoms. The molecule has 2 aromatic carbocycles. The van der Waals surface area contributed by atoms with Crippen LogP contribution in [0.1, 0.15) is 17.3 Å².